The molecule has 9 heteroatoms. The van der Waals surface area contributed by atoms with Gasteiger partial charge in [-0.1, -0.05) is 12.1 Å². The second-order valence-corrected chi connectivity index (χ2v) is 7.85. The maximum atomic E-state index is 13.7. The first-order valence-electron chi connectivity index (χ1n) is 10.1. The zero-order chi connectivity index (χ0) is 23.3. The highest BCUT2D eigenvalue weighted by Gasteiger charge is 2.46. The zero-order valence-electron chi connectivity index (χ0n) is 17.7. The van der Waals surface area contributed by atoms with Crippen LogP contribution in [0.2, 0.25) is 0 Å². The summed E-state index contributed by atoms with van der Waals surface area (Å²) in [6.45, 7) is 0. The largest absolute Gasteiger partial charge is 0.503 e. The predicted octanol–water partition coefficient (Wildman–Crippen LogP) is 4.14. The molecule has 5 rings (SSSR count). The number of carbonyl (C=O) groups excluding carboxylic acids is 2. The Bertz CT molecular complexity index is 1400. The Morgan fingerprint density at radius 2 is 1.94 bits per heavy atom. The zero-order valence-corrected chi connectivity index (χ0v) is 17.7. The number of amides is 1. The second kappa shape index (κ2) is 7.63. The van der Waals surface area contributed by atoms with Crippen LogP contribution >= 0.6 is 0 Å². The lowest BCUT2D eigenvalue weighted by Crippen LogP contribution is -2.32. The maximum absolute atomic E-state index is 13.7. The Morgan fingerprint density at radius 1 is 1.18 bits per heavy atom. The van der Waals surface area contributed by atoms with E-state index in [9.17, 15) is 19.1 Å². The van der Waals surface area contributed by atoms with Crippen molar-refractivity contribution in [1.82, 2.24) is 9.97 Å². The number of fused-ring (bicyclic) bond motifs is 1. The quantitative estimate of drug-likeness (QED) is 0.447. The van der Waals surface area contributed by atoms with E-state index in [1.165, 1.54) is 35.4 Å². The minimum atomic E-state index is -0.975. The molecule has 4 aromatic rings. The number of nitrogens with zero attached hydrogens (tertiary/aromatic N) is 3. The minimum Gasteiger partial charge on any atom is -0.503 e. The molecule has 0 saturated carbocycles. The number of rotatable bonds is 5. The summed E-state index contributed by atoms with van der Waals surface area (Å²) >= 11 is 0. The summed E-state index contributed by atoms with van der Waals surface area (Å²) in [5, 5.41) is 10.8. The van der Waals surface area contributed by atoms with Crippen molar-refractivity contribution in [2.45, 2.75) is 6.04 Å². The minimum absolute atomic E-state index is 0.00668. The summed E-state index contributed by atoms with van der Waals surface area (Å²) in [5.74, 6) is -2.49. The third kappa shape index (κ3) is 3.34. The fourth-order valence-corrected chi connectivity index (χ4v) is 3.95. The van der Waals surface area contributed by atoms with E-state index in [1.807, 2.05) is 31.1 Å². The highest BCUT2D eigenvalue weighted by Crippen LogP contribution is 2.41. The Balaban J connectivity index is 1.67. The van der Waals surface area contributed by atoms with E-state index in [-0.39, 0.29) is 17.3 Å². The molecule has 166 valence electrons. The summed E-state index contributed by atoms with van der Waals surface area (Å²) in [5.41, 5.74) is 2.19. The Morgan fingerprint density at radius 3 is 2.61 bits per heavy atom. The van der Waals surface area contributed by atoms with Crippen molar-refractivity contribution in [2.75, 3.05) is 23.9 Å². The fraction of sp³-hybridized carbons (Fsp3) is 0.125. The van der Waals surface area contributed by atoms with Gasteiger partial charge in [0.25, 0.3) is 5.91 Å². The molecule has 0 saturated heterocycles. The van der Waals surface area contributed by atoms with Crippen molar-refractivity contribution >= 4 is 34.4 Å². The van der Waals surface area contributed by atoms with Gasteiger partial charge in [-0.15, -0.1) is 0 Å². The normalized spacial score (nSPS) is 16.2. The number of hydrogen-bond acceptors (Lipinski definition) is 6. The van der Waals surface area contributed by atoms with E-state index >= 15 is 0 Å². The lowest BCUT2D eigenvalue weighted by atomic mass is 9.95. The molecule has 8 nitrogen and oxygen atoms in total. The van der Waals surface area contributed by atoms with Crippen molar-refractivity contribution in [2.24, 2.45) is 0 Å². The third-order valence-electron chi connectivity index (χ3n) is 5.58. The van der Waals surface area contributed by atoms with E-state index in [4.69, 9.17) is 4.42 Å². The van der Waals surface area contributed by atoms with Crippen LogP contribution in [0.5, 0.6) is 0 Å². The molecule has 2 aromatic carbocycles. The molecule has 0 radical (unpaired) electrons. The molecule has 3 heterocycles. The molecule has 0 fully saturated rings. The van der Waals surface area contributed by atoms with Crippen LogP contribution in [0.3, 0.4) is 0 Å². The second-order valence-electron chi connectivity index (χ2n) is 7.85. The SMILES string of the molecule is CN(C)c1ccc(C2C(C(=O)c3ccco3)=C(O)C(=O)N2c2nc3ccc(F)cc3[nH]2)cc1. The molecule has 33 heavy (non-hydrogen) atoms. The maximum Gasteiger partial charge on any atom is 0.296 e. The number of aromatic amines is 1. The van der Waals surface area contributed by atoms with Gasteiger partial charge >= 0.3 is 0 Å². The van der Waals surface area contributed by atoms with E-state index in [0.717, 1.165) is 5.69 Å². The number of carbonyl (C=O) groups is 2. The van der Waals surface area contributed by atoms with Crippen LogP contribution in [-0.2, 0) is 4.79 Å². The van der Waals surface area contributed by atoms with Crippen molar-refractivity contribution in [1.29, 1.82) is 0 Å². The number of aromatic nitrogens is 2. The average Bonchev–Trinajstić information content (AvgIpc) is 3.52. The number of hydrogen-bond donors (Lipinski definition) is 2. The molecule has 1 atom stereocenters. The van der Waals surface area contributed by atoms with Crippen molar-refractivity contribution in [3.8, 4) is 0 Å². The Labute approximate surface area is 187 Å². The van der Waals surface area contributed by atoms with Gasteiger partial charge in [0.15, 0.2) is 11.5 Å². The van der Waals surface area contributed by atoms with Gasteiger partial charge in [-0.2, -0.15) is 0 Å². The molecule has 1 aliphatic rings. The van der Waals surface area contributed by atoms with Gasteiger partial charge in [0.05, 0.1) is 28.9 Å². The summed E-state index contributed by atoms with van der Waals surface area (Å²) in [7, 11) is 3.79. The average molecular weight is 446 g/mol. The lowest BCUT2D eigenvalue weighted by Gasteiger charge is -2.25. The number of furan rings is 1. The smallest absolute Gasteiger partial charge is 0.296 e. The van der Waals surface area contributed by atoms with Gasteiger partial charge < -0.3 is 19.4 Å². The number of Topliss-reactive ketones (excluding diaryl/α,β-unsaturated/α-hetero) is 1. The van der Waals surface area contributed by atoms with Crippen LogP contribution in [0.25, 0.3) is 11.0 Å². The third-order valence-corrected chi connectivity index (χ3v) is 5.58. The molecule has 0 bridgehead atoms. The number of anilines is 2. The Kier molecular flexibility index (Phi) is 4.74. The van der Waals surface area contributed by atoms with Gasteiger partial charge in [-0.05, 0) is 48.0 Å². The van der Waals surface area contributed by atoms with Crippen LogP contribution in [0.1, 0.15) is 22.2 Å². The highest BCUT2D eigenvalue weighted by molar-refractivity contribution is 6.20. The van der Waals surface area contributed by atoms with E-state index < -0.39 is 29.3 Å². The van der Waals surface area contributed by atoms with Gasteiger partial charge in [0, 0.05) is 19.8 Å². The van der Waals surface area contributed by atoms with E-state index in [0.29, 0.717) is 16.6 Å². The number of aliphatic hydroxyl groups is 1. The number of imidazole rings is 1. The van der Waals surface area contributed by atoms with Crippen LogP contribution in [0.4, 0.5) is 16.0 Å². The first-order chi connectivity index (χ1) is 15.8. The molecule has 1 unspecified atom stereocenters. The van der Waals surface area contributed by atoms with Crippen LogP contribution < -0.4 is 9.80 Å². The summed E-state index contributed by atoms with van der Waals surface area (Å²) in [4.78, 5) is 36.9. The van der Waals surface area contributed by atoms with Crippen molar-refractivity contribution < 1.29 is 23.5 Å². The standard InChI is InChI=1S/C24H19FN4O4/c1-28(2)15-8-5-13(6-9-15)20-19(21(30)18-4-3-11-33-18)22(31)23(32)29(20)24-26-16-10-7-14(25)12-17(16)27-24/h3-12,20,31H,1-2H3,(H,26,27). The van der Waals surface area contributed by atoms with Crippen molar-refractivity contribution in [3.63, 3.8) is 0 Å². The predicted molar refractivity (Wildman–Crippen MR) is 120 cm³/mol. The molecule has 0 aliphatic carbocycles. The van der Waals surface area contributed by atoms with Crippen LogP contribution in [-0.4, -0.2) is 40.9 Å². The van der Waals surface area contributed by atoms with Crippen LogP contribution in [0.15, 0.2) is 76.6 Å². The molecule has 0 spiro atoms. The first-order valence-corrected chi connectivity index (χ1v) is 10.1. The van der Waals surface area contributed by atoms with Gasteiger partial charge in [0.1, 0.15) is 5.82 Å². The summed E-state index contributed by atoms with van der Waals surface area (Å²) < 4.78 is 18.9. The van der Waals surface area contributed by atoms with Gasteiger partial charge in [0.2, 0.25) is 11.7 Å². The molecular formula is C24H19FN4O4. The molecule has 1 amide bonds. The van der Waals surface area contributed by atoms with Gasteiger partial charge in [-0.25, -0.2) is 9.37 Å². The topological polar surface area (TPSA) is 103 Å². The number of halogens is 1. The Hall–Kier alpha value is -4.40. The van der Waals surface area contributed by atoms with E-state index in [2.05, 4.69) is 9.97 Å². The number of nitrogens with one attached hydrogen (secondary N) is 1. The molecule has 2 aromatic heterocycles. The molecular weight excluding hydrogens is 427 g/mol. The van der Waals surface area contributed by atoms with Gasteiger partial charge in [-0.3, -0.25) is 14.5 Å². The fourth-order valence-electron chi connectivity index (χ4n) is 3.95. The lowest BCUT2D eigenvalue weighted by molar-refractivity contribution is -0.117. The van der Waals surface area contributed by atoms with E-state index in [1.54, 1.807) is 18.2 Å². The van der Waals surface area contributed by atoms with Crippen LogP contribution in [0, 0.1) is 5.82 Å². The number of aliphatic hydroxyl groups excluding tert-OH is 1. The number of ketones is 1. The number of H-pyrrole nitrogens is 1. The number of benzene rings is 2. The highest BCUT2D eigenvalue weighted by atomic mass is 19.1. The monoisotopic (exact) mass is 446 g/mol. The first kappa shape index (κ1) is 20.5. The summed E-state index contributed by atoms with van der Waals surface area (Å²) in [6, 6.07) is 13.3. The summed E-state index contributed by atoms with van der Waals surface area (Å²) in [6.07, 6.45) is 1.34. The molecule has 1 aliphatic heterocycles. The van der Waals surface area contributed by atoms with Crippen molar-refractivity contribution in [3.05, 3.63) is 89.3 Å². The molecule has 2 N–H and O–H groups in total.